The van der Waals surface area contributed by atoms with Gasteiger partial charge in [-0.3, -0.25) is 4.79 Å². The molecular weight excluding hydrogens is 390 g/mol. The predicted molar refractivity (Wildman–Crippen MR) is 117 cm³/mol. The Morgan fingerprint density at radius 2 is 1.69 bits per heavy atom. The zero-order chi connectivity index (χ0) is 20.1. The van der Waals surface area contributed by atoms with Crippen LogP contribution in [0.2, 0.25) is 0 Å². The first-order valence-corrected chi connectivity index (χ1v) is 9.25. The lowest BCUT2D eigenvalue weighted by Crippen LogP contribution is -2.10. The van der Waals surface area contributed by atoms with Crippen molar-refractivity contribution in [1.82, 2.24) is 9.78 Å². The summed E-state index contributed by atoms with van der Waals surface area (Å²) in [5.74, 6) is 1.40. The molecule has 0 saturated heterocycles. The van der Waals surface area contributed by atoms with Crippen LogP contribution in [0.5, 0.6) is 11.5 Å². The Labute approximate surface area is 177 Å². The maximum absolute atomic E-state index is 12.5. The summed E-state index contributed by atoms with van der Waals surface area (Å²) in [4.78, 5) is 12.5. The van der Waals surface area contributed by atoms with E-state index in [0.717, 1.165) is 28.4 Å². The number of carbonyl (C=O) groups excluding carboxylic acids is 1. The minimum atomic E-state index is -0.126. The third kappa shape index (κ3) is 5.16. The van der Waals surface area contributed by atoms with Crippen molar-refractivity contribution in [2.24, 2.45) is 11.7 Å². The van der Waals surface area contributed by atoms with Crippen molar-refractivity contribution >= 4 is 18.2 Å². The van der Waals surface area contributed by atoms with Crippen LogP contribution in [0, 0.1) is 5.92 Å². The van der Waals surface area contributed by atoms with Crippen molar-refractivity contribution < 1.29 is 14.3 Å². The highest BCUT2D eigenvalue weighted by Crippen LogP contribution is 2.27. The third-order valence-corrected chi connectivity index (χ3v) is 4.34. The summed E-state index contributed by atoms with van der Waals surface area (Å²) in [6.45, 7) is 4.68. The highest BCUT2D eigenvalue weighted by Gasteiger charge is 2.19. The van der Waals surface area contributed by atoms with Crippen LogP contribution >= 0.6 is 12.4 Å². The monoisotopic (exact) mass is 415 g/mol. The fourth-order valence-corrected chi connectivity index (χ4v) is 2.82. The molecule has 1 heterocycles. The lowest BCUT2D eigenvalue weighted by Gasteiger charge is -2.10. The lowest BCUT2D eigenvalue weighted by atomic mass is 10.1. The number of halogens is 1. The number of benzene rings is 2. The Balaban J connectivity index is 0.00000300. The molecule has 6 nitrogen and oxygen atoms in total. The molecule has 0 aliphatic rings. The van der Waals surface area contributed by atoms with Gasteiger partial charge in [0.05, 0.1) is 18.5 Å². The Kier molecular flexibility index (Phi) is 7.82. The smallest absolute Gasteiger partial charge is 0.185 e. The molecule has 0 spiro atoms. The van der Waals surface area contributed by atoms with E-state index in [-0.39, 0.29) is 24.1 Å². The number of ketones is 1. The van der Waals surface area contributed by atoms with E-state index in [1.807, 2.05) is 68.4 Å². The molecule has 3 aromatic rings. The van der Waals surface area contributed by atoms with Gasteiger partial charge in [0.25, 0.3) is 0 Å². The van der Waals surface area contributed by atoms with Crippen LogP contribution in [0.4, 0.5) is 0 Å². The molecule has 154 valence electrons. The van der Waals surface area contributed by atoms with Gasteiger partial charge >= 0.3 is 0 Å². The second-order valence-electron chi connectivity index (χ2n) is 6.71. The predicted octanol–water partition coefficient (Wildman–Crippen LogP) is 4.15. The van der Waals surface area contributed by atoms with Crippen molar-refractivity contribution in [2.75, 3.05) is 20.3 Å². The summed E-state index contributed by atoms with van der Waals surface area (Å²) in [7, 11) is 1.63. The average Bonchev–Trinajstić information content (AvgIpc) is 3.17. The van der Waals surface area contributed by atoms with Crippen LogP contribution in [-0.4, -0.2) is 35.8 Å². The van der Waals surface area contributed by atoms with Gasteiger partial charge in [0, 0.05) is 18.0 Å². The van der Waals surface area contributed by atoms with Crippen molar-refractivity contribution in [1.29, 1.82) is 0 Å². The van der Waals surface area contributed by atoms with Gasteiger partial charge < -0.3 is 15.2 Å². The molecule has 0 unspecified atom stereocenters. The van der Waals surface area contributed by atoms with E-state index in [0.29, 0.717) is 18.8 Å². The highest BCUT2D eigenvalue weighted by atomic mass is 35.5. The second kappa shape index (κ2) is 10.1. The van der Waals surface area contributed by atoms with E-state index in [9.17, 15) is 4.79 Å². The van der Waals surface area contributed by atoms with Crippen LogP contribution in [0.1, 0.15) is 24.3 Å². The van der Waals surface area contributed by atoms with Gasteiger partial charge in [-0.15, -0.1) is 12.4 Å². The average molecular weight is 416 g/mol. The molecular formula is C22H26ClN3O3. The highest BCUT2D eigenvalue weighted by molar-refractivity contribution is 5.96. The largest absolute Gasteiger partial charge is 0.497 e. The maximum Gasteiger partial charge on any atom is 0.185 e. The number of nitrogens with zero attached hydrogens (tertiary/aromatic N) is 2. The van der Waals surface area contributed by atoms with E-state index in [2.05, 4.69) is 5.10 Å². The summed E-state index contributed by atoms with van der Waals surface area (Å²) >= 11 is 0. The number of carbonyl (C=O) groups is 1. The topological polar surface area (TPSA) is 79.4 Å². The number of ether oxygens (including phenoxy) is 2. The molecule has 0 aliphatic heterocycles. The quantitative estimate of drug-likeness (QED) is 0.559. The Hall–Kier alpha value is -2.83. The zero-order valence-corrected chi connectivity index (χ0v) is 17.6. The number of hydrogen-bond acceptors (Lipinski definition) is 5. The first kappa shape index (κ1) is 22.5. The Morgan fingerprint density at radius 1 is 1.07 bits per heavy atom. The molecule has 0 fully saturated rings. The Bertz CT molecular complexity index is 935. The van der Waals surface area contributed by atoms with Gasteiger partial charge in [-0.2, -0.15) is 5.10 Å². The molecule has 2 N–H and O–H groups in total. The van der Waals surface area contributed by atoms with E-state index >= 15 is 0 Å². The van der Waals surface area contributed by atoms with Gasteiger partial charge in [0.15, 0.2) is 5.78 Å². The van der Waals surface area contributed by atoms with Crippen molar-refractivity contribution in [3.63, 3.8) is 0 Å². The molecule has 3 rings (SSSR count). The van der Waals surface area contributed by atoms with E-state index < -0.39 is 0 Å². The summed E-state index contributed by atoms with van der Waals surface area (Å²) in [5, 5.41) is 4.58. The second-order valence-corrected chi connectivity index (χ2v) is 6.71. The van der Waals surface area contributed by atoms with E-state index in [1.54, 1.807) is 11.8 Å². The first-order chi connectivity index (χ1) is 13.5. The number of hydrogen-bond donors (Lipinski definition) is 1. The van der Waals surface area contributed by atoms with E-state index in [1.165, 1.54) is 0 Å². The third-order valence-electron chi connectivity index (χ3n) is 4.34. The number of aromatic nitrogens is 2. The number of nitrogens with two attached hydrogens (primary N) is 1. The van der Waals surface area contributed by atoms with Crippen LogP contribution in [0.3, 0.4) is 0 Å². The van der Waals surface area contributed by atoms with Crippen molar-refractivity contribution in [2.45, 2.75) is 13.8 Å². The summed E-state index contributed by atoms with van der Waals surface area (Å²) in [6.07, 6.45) is 0. The van der Waals surface area contributed by atoms with Crippen LogP contribution in [0.25, 0.3) is 16.9 Å². The number of Topliss-reactive ketones (excluding diaryl/α,β-unsaturated/α-hetero) is 1. The van der Waals surface area contributed by atoms with Crippen molar-refractivity contribution in [3.8, 4) is 28.4 Å². The summed E-state index contributed by atoms with van der Waals surface area (Å²) in [6, 6.07) is 17.1. The molecule has 0 aliphatic carbocycles. The van der Waals surface area contributed by atoms with Crippen LogP contribution < -0.4 is 15.2 Å². The van der Waals surface area contributed by atoms with E-state index in [4.69, 9.17) is 15.2 Å². The molecule has 0 atom stereocenters. The minimum absolute atomic E-state index is 0. The summed E-state index contributed by atoms with van der Waals surface area (Å²) < 4.78 is 12.6. The van der Waals surface area contributed by atoms with Gasteiger partial charge in [-0.25, -0.2) is 4.68 Å². The van der Waals surface area contributed by atoms with Gasteiger partial charge in [-0.1, -0.05) is 13.8 Å². The number of rotatable bonds is 8. The molecule has 29 heavy (non-hydrogen) atoms. The molecule has 1 aromatic heterocycles. The fourth-order valence-electron chi connectivity index (χ4n) is 2.82. The molecule has 7 heteroatoms. The number of methoxy groups -OCH3 is 1. The van der Waals surface area contributed by atoms with Crippen LogP contribution in [0.15, 0.2) is 54.6 Å². The van der Waals surface area contributed by atoms with Gasteiger partial charge in [0.2, 0.25) is 0 Å². The zero-order valence-electron chi connectivity index (χ0n) is 16.8. The fraction of sp³-hybridized carbons (Fsp3) is 0.273. The maximum atomic E-state index is 12.5. The summed E-state index contributed by atoms with van der Waals surface area (Å²) in [5.41, 5.74) is 8.55. The SMILES string of the molecule is COc1ccc(-n2nc(C(=O)C(C)C)cc2-c2ccc(OCCN)cc2)cc1.Cl. The molecule has 0 amide bonds. The standard InChI is InChI=1S/C22H25N3O3.ClH/c1-15(2)22(26)20-14-21(16-4-8-19(9-5-16)28-13-12-23)25(24-20)17-6-10-18(27-3)11-7-17;/h4-11,14-15H,12-13,23H2,1-3H3;1H. The molecule has 0 bridgehead atoms. The molecule has 0 radical (unpaired) electrons. The van der Waals surface area contributed by atoms with Gasteiger partial charge in [0.1, 0.15) is 23.8 Å². The molecule has 0 saturated carbocycles. The van der Waals surface area contributed by atoms with Gasteiger partial charge in [-0.05, 0) is 54.6 Å². The normalized spacial score (nSPS) is 10.5. The Morgan fingerprint density at radius 3 is 2.24 bits per heavy atom. The lowest BCUT2D eigenvalue weighted by molar-refractivity contribution is 0.0934. The minimum Gasteiger partial charge on any atom is -0.497 e. The first-order valence-electron chi connectivity index (χ1n) is 9.25. The van der Waals surface area contributed by atoms with Crippen molar-refractivity contribution in [3.05, 3.63) is 60.3 Å². The van der Waals surface area contributed by atoms with Crippen LogP contribution in [-0.2, 0) is 0 Å². The molecule has 2 aromatic carbocycles.